The molecule has 0 aliphatic rings. The first-order valence-corrected chi connectivity index (χ1v) is 7.52. The molecule has 0 aliphatic heterocycles. The van der Waals surface area contributed by atoms with Gasteiger partial charge in [-0.05, 0) is 30.3 Å². The van der Waals surface area contributed by atoms with Crippen LogP contribution in [0.5, 0.6) is 5.75 Å². The fourth-order valence-corrected chi connectivity index (χ4v) is 2.22. The average molecular weight is 278 g/mol. The summed E-state index contributed by atoms with van der Waals surface area (Å²) >= 11 is 0. The predicted octanol–water partition coefficient (Wildman–Crippen LogP) is 1.80. The molecule has 1 aromatic heterocycles. The quantitative estimate of drug-likeness (QED) is 0.891. The predicted molar refractivity (Wildman–Crippen MR) is 72.8 cm³/mol. The van der Waals surface area contributed by atoms with Crippen molar-refractivity contribution in [2.24, 2.45) is 0 Å². The van der Waals surface area contributed by atoms with E-state index in [2.05, 4.69) is 10.3 Å². The van der Waals surface area contributed by atoms with E-state index in [1.165, 1.54) is 12.5 Å². The maximum atomic E-state index is 11.4. The zero-order valence-electron chi connectivity index (χ0n) is 10.4. The molecular formula is C13H14N2O3S. The summed E-state index contributed by atoms with van der Waals surface area (Å²) in [6, 6.07) is 9.85. The van der Waals surface area contributed by atoms with E-state index in [0.717, 1.165) is 5.69 Å². The number of sulfone groups is 1. The van der Waals surface area contributed by atoms with Crippen LogP contribution in [0.1, 0.15) is 5.69 Å². The SMILES string of the molecule is CS(=O)(=O)c1cccc(NCc2ccc(O)cn2)c1. The maximum Gasteiger partial charge on any atom is 0.175 e. The highest BCUT2D eigenvalue weighted by molar-refractivity contribution is 7.90. The number of benzene rings is 1. The second-order valence-corrected chi connectivity index (χ2v) is 6.18. The van der Waals surface area contributed by atoms with Crippen LogP contribution < -0.4 is 5.32 Å². The fraction of sp³-hybridized carbons (Fsp3) is 0.154. The summed E-state index contributed by atoms with van der Waals surface area (Å²) in [4.78, 5) is 4.31. The molecule has 0 saturated carbocycles. The Kier molecular flexibility index (Phi) is 3.71. The Morgan fingerprint density at radius 2 is 2.05 bits per heavy atom. The summed E-state index contributed by atoms with van der Waals surface area (Å²) in [6.45, 7) is 0.452. The van der Waals surface area contributed by atoms with Crippen molar-refractivity contribution in [3.63, 3.8) is 0 Å². The zero-order valence-corrected chi connectivity index (χ0v) is 11.2. The van der Waals surface area contributed by atoms with Gasteiger partial charge in [0.1, 0.15) is 5.75 Å². The number of nitrogens with zero attached hydrogens (tertiary/aromatic N) is 1. The van der Waals surface area contributed by atoms with E-state index >= 15 is 0 Å². The highest BCUT2D eigenvalue weighted by Crippen LogP contribution is 2.16. The number of aromatic hydroxyl groups is 1. The number of nitrogens with one attached hydrogen (secondary N) is 1. The number of hydrogen-bond donors (Lipinski definition) is 2. The Morgan fingerprint density at radius 3 is 2.68 bits per heavy atom. The van der Waals surface area contributed by atoms with Gasteiger partial charge >= 0.3 is 0 Å². The second-order valence-electron chi connectivity index (χ2n) is 4.16. The minimum atomic E-state index is -3.20. The molecule has 1 heterocycles. The summed E-state index contributed by atoms with van der Waals surface area (Å²) in [5.41, 5.74) is 1.46. The van der Waals surface area contributed by atoms with Gasteiger partial charge in [0.25, 0.3) is 0 Å². The smallest absolute Gasteiger partial charge is 0.175 e. The molecule has 0 fully saturated rings. The maximum absolute atomic E-state index is 11.4. The third-order valence-corrected chi connectivity index (χ3v) is 3.66. The first kappa shape index (κ1) is 13.4. The van der Waals surface area contributed by atoms with Gasteiger partial charge in [0.15, 0.2) is 9.84 Å². The Bertz CT molecular complexity index is 667. The molecule has 0 unspecified atom stereocenters. The van der Waals surface area contributed by atoms with Crippen LogP contribution in [-0.4, -0.2) is 24.8 Å². The summed E-state index contributed by atoms with van der Waals surface area (Å²) in [6.07, 6.45) is 2.54. The Balaban J connectivity index is 2.10. The lowest BCUT2D eigenvalue weighted by Crippen LogP contribution is -2.03. The second kappa shape index (κ2) is 5.27. The van der Waals surface area contributed by atoms with Gasteiger partial charge in [-0.2, -0.15) is 0 Å². The number of anilines is 1. The summed E-state index contributed by atoms with van der Waals surface area (Å²) in [5, 5.41) is 12.2. The lowest BCUT2D eigenvalue weighted by atomic mass is 10.3. The summed E-state index contributed by atoms with van der Waals surface area (Å²) < 4.78 is 22.9. The molecule has 0 aliphatic carbocycles. The van der Waals surface area contributed by atoms with Crippen molar-refractivity contribution >= 4 is 15.5 Å². The molecule has 0 saturated heterocycles. The molecule has 0 atom stereocenters. The van der Waals surface area contributed by atoms with Crippen LogP contribution in [0, 0.1) is 0 Å². The van der Waals surface area contributed by atoms with Gasteiger partial charge in [-0.25, -0.2) is 8.42 Å². The third kappa shape index (κ3) is 3.69. The molecule has 2 aromatic rings. The van der Waals surface area contributed by atoms with Crippen molar-refractivity contribution in [1.82, 2.24) is 4.98 Å². The number of pyridine rings is 1. The topological polar surface area (TPSA) is 79.3 Å². The van der Waals surface area contributed by atoms with Gasteiger partial charge < -0.3 is 10.4 Å². The lowest BCUT2D eigenvalue weighted by molar-refractivity contribution is 0.472. The van der Waals surface area contributed by atoms with Crippen LogP contribution in [0.3, 0.4) is 0 Å². The van der Waals surface area contributed by atoms with Crippen molar-refractivity contribution in [2.75, 3.05) is 11.6 Å². The molecule has 0 amide bonds. The highest BCUT2D eigenvalue weighted by Gasteiger charge is 2.07. The van der Waals surface area contributed by atoms with Crippen molar-refractivity contribution in [2.45, 2.75) is 11.4 Å². The molecule has 0 bridgehead atoms. The molecule has 1 aromatic carbocycles. The van der Waals surface area contributed by atoms with E-state index < -0.39 is 9.84 Å². The molecule has 2 rings (SSSR count). The number of aromatic nitrogens is 1. The Morgan fingerprint density at radius 1 is 1.26 bits per heavy atom. The monoisotopic (exact) mass is 278 g/mol. The third-order valence-electron chi connectivity index (χ3n) is 2.54. The first-order valence-electron chi connectivity index (χ1n) is 5.63. The van der Waals surface area contributed by atoms with Crippen LogP contribution in [0.25, 0.3) is 0 Å². The Labute approximate surface area is 111 Å². The van der Waals surface area contributed by atoms with Gasteiger partial charge in [0.05, 0.1) is 23.3 Å². The van der Waals surface area contributed by atoms with E-state index in [0.29, 0.717) is 12.2 Å². The van der Waals surface area contributed by atoms with Gasteiger partial charge in [-0.1, -0.05) is 6.07 Å². The zero-order chi connectivity index (χ0) is 13.9. The molecule has 0 radical (unpaired) electrons. The van der Waals surface area contributed by atoms with Crippen LogP contribution >= 0.6 is 0 Å². The van der Waals surface area contributed by atoms with Crippen LogP contribution in [-0.2, 0) is 16.4 Å². The Hall–Kier alpha value is -2.08. The van der Waals surface area contributed by atoms with Crippen molar-refractivity contribution in [3.05, 3.63) is 48.3 Å². The average Bonchev–Trinajstić information content (AvgIpc) is 2.37. The van der Waals surface area contributed by atoms with Crippen molar-refractivity contribution in [3.8, 4) is 5.75 Å². The van der Waals surface area contributed by atoms with Gasteiger partial charge in [-0.15, -0.1) is 0 Å². The molecule has 2 N–H and O–H groups in total. The number of rotatable bonds is 4. The molecule has 5 nitrogen and oxygen atoms in total. The van der Waals surface area contributed by atoms with Crippen molar-refractivity contribution < 1.29 is 13.5 Å². The first-order chi connectivity index (χ1) is 8.95. The van der Waals surface area contributed by atoms with E-state index in [9.17, 15) is 8.42 Å². The lowest BCUT2D eigenvalue weighted by Gasteiger charge is -2.07. The normalized spacial score (nSPS) is 11.2. The molecule has 19 heavy (non-hydrogen) atoms. The van der Waals surface area contributed by atoms with Crippen molar-refractivity contribution in [1.29, 1.82) is 0 Å². The molecule has 0 spiro atoms. The van der Waals surface area contributed by atoms with E-state index in [1.54, 1.807) is 36.4 Å². The molecule has 6 heteroatoms. The molecular weight excluding hydrogens is 264 g/mol. The highest BCUT2D eigenvalue weighted by atomic mass is 32.2. The minimum Gasteiger partial charge on any atom is -0.506 e. The standard InChI is InChI=1S/C13H14N2O3S/c1-19(17,18)13-4-2-3-10(7-13)14-8-11-5-6-12(16)9-15-11/h2-7,9,14,16H,8H2,1H3. The van der Waals surface area contributed by atoms with Crippen LogP contribution in [0.4, 0.5) is 5.69 Å². The van der Waals surface area contributed by atoms with Gasteiger partial charge in [0.2, 0.25) is 0 Å². The van der Waals surface area contributed by atoms with E-state index in [1.807, 2.05) is 0 Å². The molecule has 100 valence electrons. The summed E-state index contributed by atoms with van der Waals surface area (Å²) in [7, 11) is -3.20. The number of hydrogen-bond acceptors (Lipinski definition) is 5. The minimum absolute atomic E-state index is 0.114. The summed E-state index contributed by atoms with van der Waals surface area (Å²) in [5.74, 6) is 0.114. The van der Waals surface area contributed by atoms with Gasteiger partial charge in [-0.3, -0.25) is 4.98 Å². The fourth-order valence-electron chi connectivity index (χ4n) is 1.55. The van der Waals surface area contributed by atoms with Gasteiger partial charge in [0, 0.05) is 11.9 Å². The van der Waals surface area contributed by atoms with E-state index in [4.69, 9.17) is 5.11 Å². The van der Waals surface area contributed by atoms with E-state index in [-0.39, 0.29) is 10.6 Å². The van der Waals surface area contributed by atoms with Crippen LogP contribution in [0.15, 0.2) is 47.5 Å². The largest absolute Gasteiger partial charge is 0.506 e. The van der Waals surface area contributed by atoms with Crippen LogP contribution in [0.2, 0.25) is 0 Å².